The van der Waals surface area contributed by atoms with E-state index in [1.54, 1.807) is 29.7 Å². The molecule has 62 heavy (non-hydrogen) atoms. The molecule has 2 unspecified atom stereocenters. The molecule has 2 aliphatic rings. The van der Waals surface area contributed by atoms with Gasteiger partial charge in [-0.05, 0) is 105 Å². The molecule has 0 saturated carbocycles. The number of nitrogen functional groups attached to an aromatic ring is 1. The molecule has 16 heteroatoms. The topological polar surface area (TPSA) is 193 Å². The van der Waals surface area contributed by atoms with Crippen LogP contribution in [0.5, 0.6) is 0 Å². The van der Waals surface area contributed by atoms with E-state index in [0.717, 1.165) is 11.3 Å². The number of aliphatic hydroxyl groups is 1. The first kappa shape index (κ1) is 50.7. The van der Waals surface area contributed by atoms with E-state index in [1.807, 2.05) is 84.1 Å². The average molecular weight is 870 g/mol. The van der Waals surface area contributed by atoms with Gasteiger partial charge in [-0.25, -0.2) is 4.79 Å². The lowest BCUT2D eigenvalue weighted by molar-refractivity contribution is -0.268. The van der Waals surface area contributed by atoms with Crippen LogP contribution < -0.4 is 11.1 Å². The van der Waals surface area contributed by atoms with Crippen LogP contribution in [-0.2, 0) is 39.8 Å². The molecule has 2 aliphatic heterocycles. The summed E-state index contributed by atoms with van der Waals surface area (Å²) in [5.41, 5.74) is 5.84. The van der Waals surface area contributed by atoms with Crippen LogP contribution in [0.15, 0.2) is 43.1 Å². The van der Waals surface area contributed by atoms with Crippen LogP contribution in [0, 0.1) is 17.8 Å². The molecule has 1 amide bonds. The number of esters is 1. The van der Waals surface area contributed by atoms with Crippen molar-refractivity contribution in [1.29, 1.82) is 0 Å². The first-order valence-electron chi connectivity index (χ1n) is 22.4. The standard InChI is InChI=1S/C46H75N7O9/c1-13-22-46(58-12)26-29(5)27-48-32(8)40-45(9,62-44(57)53(40)24-18-17-23-52-28-35(49-50-52)33-20-19-21-34(47)25-33)37(15-3)60-42(56)31(7)38(54)30(6)41(46)61-43(59-16-4)39(55)36(14-2)51(10)11/h13,19-21,25,28-32,36-37,39-41,43,48,55H,1,14-18,22-24,26-27,47H2,2-12H3/t29-,30-,31-,32-,36?,37-,39?,40-,41-,43+,45-,46-/m1/s1. The van der Waals surface area contributed by atoms with Gasteiger partial charge in [0.05, 0.1) is 23.9 Å². The van der Waals surface area contributed by atoms with Gasteiger partial charge in [-0.1, -0.05) is 51.1 Å². The number of benzene rings is 1. The van der Waals surface area contributed by atoms with Gasteiger partial charge >= 0.3 is 12.1 Å². The number of rotatable bonds is 18. The maximum absolute atomic E-state index is 14.6. The Morgan fingerprint density at radius 3 is 2.45 bits per heavy atom. The summed E-state index contributed by atoms with van der Waals surface area (Å²) in [6.45, 7) is 20.6. The van der Waals surface area contributed by atoms with Crippen LogP contribution in [0.3, 0.4) is 0 Å². The number of nitrogens with zero attached hydrogens (tertiary/aromatic N) is 5. The zero-order chi connectivity index (χ0) is 45.9. The predicted octanol–water partition coefficient (Wildman–Crippen LogP) is 5.48. The van der Waals surface area contributed by atoms with Crippen molar-refractivity contribution in [3.8, 4) is 11.3 Å². The van der Waals surface area contributed by atoms with Crippen molar-refractivity contribution in [3.05, 3.63) is 43.1 Å². The van der Waals surface area contributed by atoms with Crippen LogP contribution in [-0.4, -0.2) is 143 Å². The summed E-state index contributed by atoms with van der Waals surface area (Å²) in [6.07, 6.45) is 2.11. The zero-order valence-corrected chi connectivity index (χ0v) is 39.0. The number of ether oxygens (including phenoxy) is 5. The number of fused-ring (bicyclic) bond motifs is 1. The number of hydrogen-bond donors (Lipinski definition) is 3. The van der Waals surface area contributed by atoms with Gasteiger partial charge in [-0.2, -0.15) is 0 Å². The van der Waals surface area contributed by atoms with Crippen LogP contribution in [0.4, 0.5) is 10.5 Å². The average Bonchev–Trinajstić information content (AvgIpc) is 3.82. The Morgan fingerprint density at radius 2 is 1.84 bits per heavy atom. The van der Waals surface area contributed by atoms with Crippen LogP contribution in [0.1, 0.15) is 93.9 Å². The molecule has 3 heterocycles. The number of ketones is 1. The highest BCUT2D eigenvalue weighted by molar-refractivity contribution is 6.00. The van der Waals surface area contributed by atoms with E-state index < -0.39 is 71.5 Å². The number of Topliss-reactive ketones (excluding diaryl/α,β-unsaturated/α-hetero) is 1. The summed E-state index contributed by atoms with van der Waals surface area (Å²) in [4.78, 5) is 46.3. The molecule has 2 aromatic rings. The highest BCUT2D eigenvalue weighted by Crippen LogP contribution is 2.41. The molecule has 1 aromatic carbocycles. The third-order valence-electron chi connectivity index (χ3n) is 12.9. The van der Waals surface area contributed by atoms with Crippen molar-refractivity contribution >= 4 is 23.5 Å². The SMILES string of the molecule is C=CC[C@@]1(OC)C[C@@H](C)CN[C@H](C)[C@H]2N(CCCCn3cc(-c4cccc(N)c4)nn3)C(=O)O[C@]2(C)[C@@H](CC)OC(=O)[C@H](C)C(=O)[C@@H](C)[C@H]1O[C@H](OCC)C(O)C(CC)N(C)C. The number of aryl methyl sites for hydroxylation is 1. The maximum atomic E-state index is 14.6. The van der Waals surface area contributed by atoms with Gasteiger partial charge < -0.3 is 44.7 Å². The second-order valence-electron chi connectivity index (χ2n) is 17.7. The molecule has 2 fully saturated rings. The van der Waals surface area contributed by atoms with Gasteiger partial charge in [0.1, 0.15) is 23.8 Å². The third-order valence-corrected chi connectivity index (χ3v) is 12.9. The number of anilines is 1. The summed E-state index contributed by atoms with van der Waals surface area (Å²) >= 11 is 0. The van der Waals surface area contributed by atoms with Gasteiger partial charge in [-0.3, -0.25) is 19.2 Å². The van der Waals surface area contributed by atoms with Crippen LogP contribution in [0.25, 0.3) is 11.3 Å². The lowest BCUT2D eigenvalue weighted by atomic mass is 9.75. The van der Waals surface area contributed by atoms with Crippen molar-refractivity contribution in [2.45, 2.75) is 154 Å². The zero-order valence-electron chi connectivity index (χ0n) is 39.0. The minimum absolute atomic E-state index is 0.0635. The Morgan fingerprint density at radius 1 is 1.13 bits per heavy atom. The number of nitrogens with one attached hydrogen (secondary N) is 1. The molecule has 16 nitrogen and oxygen atoms in total. The molecule has 12 atom stereocenters. The highest BCUT2D eigenvalue weighted by atomic mass is 16.7. The van der Waals surface area contributed by atoms with Crippen molar-refractivity contribution in [3.63, 3.8) is 0 Å². The number of carbonyl (C=O) groups is 3. The Hall–Kier alpha value is -3.93. The van der Waals surface area contributed by atoms with Gasteiger partial charge in [-0.15, -0.1) is 11.7 Å². The number of nitrogens with two attached hydrogens (primary N) is 1. The van der Waals surface area contributed by atoms with Crippen molar-refractivity contribution in [1.82, 2.24) is 30.1 Å². The molecule has 1 aromatic heterocycles. The Bertz CT molecular complexity index is 1780. The summed E-state index contributed by atoms with van der Waals surface area (Å²) < 4.78 is 33.6. The van der Waals surface area contributed by atoms with Gasteiger partial charge in [0.15, 0.2) is 17.7 Å². The predicted molar refractivity (Wildman–Crippen MR) is 238 cm³/mol. The number of unbranched alkanes of at least 4 members (excludes halogenated alkanes) is 1. The molecule has 4 rings (SSSR count). The molecule has 0 spiro atoms. The first-order chi connectivity index (χ1) is 29.4. The Kier molecular flexibility index (Phi) is 18.5. The number of hydrogen-bond acceptors (Lipinski definition) is 14. The summed E-state index contributed by atoms with van der Waals surface area (Å²) in [5.74, 6) is -3.35. The van der Waals surface area contributed by atoms with Gasteiger partial charge in [0.25, 0.3) is 0 Å². The number of aromatic nitrogens is 3. The molecule has 4 N–H and O–H groups in total. The number of methoxy groups -OCH3 is 1. The van der Waals surface area contributed by atoms with Crippen molar-refractivity contribution < 1.29 is 43.2 Å². The molecule has 2 saturated heterocycles. The fraction of sp³-hybridized carbons (Fsp3) is 0.717. The largest absolute Gasteiger partial charge is 0.458 e. The molecular weight excluding hydrogens is 795 g/mol. The summed E-state index contributed by atoms with van der Waals surface area (Å²) in [6, 6.07) is 6.32. The molecule has 0 aliphatic carbocycles. The van der Waals surface area contributed by atoms with E-state index in [9.17, 15) is 19.5 Å². The van der Waals surface area contributed by atoms with Gasteiger partial charge in [0, 0.05) is 56.1 Å². The monoisotopic (exact) mass is 870 g/mol. The lowest BCUT2D eigenvalue weighted by Gasteiger charge is -2.45. The first-order valence-corrected chi connectivity index (χ1v) is 22.4. The van der Waals surface area contributed by atoms with Crippen molar-refractivity contribution in [2.75, 3.05) is 46.6 Å². The number of cyclic esters (lactones) is 1. The molecular formula is C46H75N7O9. The number of amides is 1. The lowest BCUT2D eigenvalue weighted by Crippen LogP contribution is -2.61. The second-order valence-corrected chi connectivity index (χ2v) is 17.7. The van der Waals surface area contributed by atoms with E-state index in [2.05, 4.69) is 29.1 Å². The van der Waals surface area contributed by atoms with Gasteiger partial charge in [0.2, 0.25) is 0 Å². The normalized spacial score (nSPS) is 30.5. The van der Waals surface area contributed by atoms with E-state index in [1.165, 1.54) is 6.92 Å². The highest BCUT2D eigenvalue weighted by Gasteiger charge is 2.58. The number of carbonyl (C=O) groups excluding carboxylic acids is 3. The fourth-order valence-corrected chi connectivity index (χ4v) is 9.61. The molecule has 348 valence electrons. The van der Waals surface area contributed by atoms with E-state index in [0.29, 0.717) is 63.8 Å². The Labute approximate surface area is 369 Å². The molecule has 0 bridgehead atoms. The van der Waals surface area contributed by atoms with E-state index >= 15 is 0 Å². The third kappa shape index (κ3) is 11.6. The minimum Gasteiger partial charge on any atom is -0.458 e. The van der Waals surface area contributed by atoms with Crippen molar-refractivity contribution in [2.24, 2.45) is 17.8 Å². The maximum Gasteiger partial charge on any atom is 0.410 e. The van der Waals surface area contributed by atoms with E-state index in [4.69, 9.17) is 29.4 Å². The second kappa shape index (κ2) is 22.6. The molecule has 0 radical (unpaired) electrons. The fourth-order valence-electron chi connectivity index (χ4n) is 9.61. The van der Waals surface area contributed by atoms with Crippen LogP contribution >= 0.6 is 0 Å². The summed E-state index contributed by atoms with van der Waals surface area (Å²) in [7, 11) is 5.36. The van der Waals surface area contributed by atoms with Crippen LogP contribution in [0.2, 0.25) is 0 Å². The minimum atomic E-state index is -1.25. The summed E-state index contributed by atoms with van der Waals surface area (Å²) in [5, 5.41) is 24.0. The number of likely N-dealkylation sites (N-methyl/N-ethyl adjacent to an activating group) is 1. The Balaban J connectivity index is 1.66. The van der Waals surface area contributed by atoms with E-state index in [-0.39, 0.29) is 24.6 Å². The smallest absolute Gasteiger partial charge is 0.410 e. The number of aliphatic hydroxyl groups excluding tert-OH is 1. The quantitative estimate of drug-likeness (QED) is 0.0426.